The molecule has 0 atom stereocenters. The Balaban J connectivity index is 1.96. The van der Waals surface area contributed by atoms with E-state index in [4.69, 9.17) is 11.6 Å². The third-order valence-electron chi connectivity index (χ3n) is 3.41. The van der Waals surface area contributed by atoms with Gasteiger partial charge >= 0.3 is 0 Å². The normalized spacial score (nSPS) is 16.3. The van der Waals surface area contributed by atoms with Crippen LogP contribution in [0.1, 0.15) is 29.6 Å². The zero-order valence-electron chi connectivity index (χ0n) is 9.88. The number of nitrogens with one attached hydrogen (secondary N) is 1. The third-order valence-corrected chi connectivity index (χ3v) is 3.60. The van der Waals surface area contributed by atoms with Crippen LogP contribution in [-0.4, -0.2) is 23.4 Å². The number of carbonyl (C=O) groups excluding carboxylic acids is 1. The maximum absolute atomic E-state index is 12.8. The quantitative estimate of drug-likeness (QED) is 0.809. The van der Waals surface area contributed by atoms with Gasteiger partial charge in [0, 0.05) is 18.5 Å². The van der Waals surface area contributed by atoms with Gasteiger partial charge in [0.05, 0.1) is 5.56 Å². The van der Waals surface area contributed by atoms with E-state index in [0.29, 0.717) is 12.4 Å². The molecule has 1 aliphatic rings. The molecule has 98 valence electrons. The molecule has 0 spiro atoms. The van der Waals surface area contributed by atoms with Gasteiger partial charge in [-0.2, -0.15) is 0 Å². The Hall–Kier alpha value is -1.29. The van der Waals surface area contributed by atoms with Crippen LogP contribution in [0.15, 0.2) is 18.2 Å². The van der Waals surface area contributed by atoms with Crippen LogP contribution in [0, 0.1) is 11.2 Å². The average molecular weight is 272 g/mol. The highest BCUT2D eigenvalue weighted by atomic mass is 35.5. The van der Waals surface area contributed by atoms with Gasteiger partial charge in [0.25, 0.3) is 5.91 Å². The highest BCUT2D eigenvalue weighted by molar-refractivity contribution is 6.17. The molecule has 18 heavy (non-hydrogen) atoms. The van der Waals surface area contributed by atoms with Gasteiger partial charge in [-0.15, -0.1) is 11.6 Å². The van der Waals surface area contributed by atoms with E-state index in [1.165, 1.54) is 6.07 Å². The number of phenolic OH excluding ortho intramolecular Hbond substituents is 1. The number of benzene rings is 1. The summed E-state index contributed by atoms with van der Waals surface area (Å²) in [7, 11) is 0. The maximum Gasteiger partial charge on any atom is 0.255 e. The van der Waals surface area contributed by atoms with Gasteiger partial charge in [0.1, 0.15) is 11.6 Å². The van der Waals surface area contributed by atoms with E-state index >= 15 is 0 Å². The number of amides is 1. The van der Waals surface area contributed by atoms with Crippen LogP contribution in [0.2, 0.25) is 0 Å². The summed E-state index contributed by atoms with van der Waals surface area (Å²) >= 11 is 5.71. The van der Waals surface area contributed by atoms with E-state index in [0.717, 1.165) is 31.4 Å². The lowest BCUT2D eigenvalue weighted by Gasteiger charge is -2.14. The molecule has 0 aromatic heterocycles. The number of alkyl halides is 1. The topological polar surface area (TPSA) is 49.3 Å². The minimum Gasteiger partial charge on any atom is -0.507 e. The predicted molar refractivity (Wildman–Crippen MR) is 67.4 cm³/mol. The van der Waals surface area contributed by atoms with Crippen LogP contribution in [0.4, 0.5) is 4.39 Å². The van der Waals surface area contributed by atoms with Crippen LogP contribution in [0.3, 0.4) is 0 Å². The van der Waals surface area contributed by atoms with Crippen molar-refractivity contribution < 1.29 is 14.3 Å². The van der Waals surface area contributed by atoms with E-state index in [1.54, 1.807) is 0 Å². The lowest BCUT2D eigenvalue weighted by atomic mass is 10.0. The highest BCUT2D eigenvalue weighted by Crippen LogP contribution is 2.48. The summed E-state index contributed by atoms with van der Waals surface area (Å²) in [5, 5.41) is 12.3. The third kappa shape index (κ3) is 2.93. The van der Waals surface area contributed by atoms with Gasteiger partial charge in [-0.3, -0.25) is 4.79 Å². The lowest BCUT2D eigenvalue weighted by Crippen LogP contribution is -2.30. The first kappa shape index (κ1) is 13.1. The van der Waals surface area contributed by atoms with Crippen molar-refractivity contribution in [3.8, 4) is 5.75 Å². The number of hydrogen-bond acceptors (Lipinski definition) is 2. The molecule has 0 heterocycles. The molecule has 0 aliphatic heterocycles. The van der Waals surface area contributed by atoms with E-state index < -0.39 is 5.82 Å². The van der Waals surface area contributed by atoms with E-state index in [-0.39, 0.29) is 22.6 Å². The summed E-state index contributed by atoms with van der Waals surface area (Å²) in [5.74, 6) is -0.703. The standard InChI is InChI=1S/C13H15ClFNO2/c14-6-5-13(3-4-13)8-16-12(18)10-2-1-9(15)7-11(10)17/h1-2,7,17H,3-6,8H2,(H,16,18). The molecule has 0 bridgehead atoms. The van der Waals surface area contributed by atoms with Crippen LogP contribution >= 0.6 is 11.6 Å². The Kier molecular flexibility index (Phi) is 3.76. The lowest BCUT2D eigenvalue weighted by molar-refractivity contribution is 0.0941. The van der Waals surface area contributed by atoms with Crippen molar-refractivity contribution >= 4 is 17.5 Å². The zero-order valence-corrected chi connectivity index (χ0v) is 10.6. The Morgan fingerprint density at radius 2 is 2.22 bits per heavy atom. The van der Waals surface area contributed by atoms with Crippen LogP contribution in [0.5, 0.6) is 5.75 Å². The van der Waals surface area contributed by atoms with Gasteiger partial charge in [0.15, 0.2) is 0 Å². The summed E-state index contributed by atoms with van der Waals surface area (Å²) < 4.78 is 12.8. The second-order valence-electron chi connectivity index (χ2n) is 4.78. The minimum atomic E-state index is -0.565. The second kappa shape index (κ2) is 5.14. The number of halogens is 2. The van der Waals surface area contributed by atoms with Crippen molar-refractivity contribution in [1.29, 1.82) is 0 Å². The van der Waals surface area contributed by atoms with E-state index in [1.807, 2.05) is 0 Å². The first-order valence-corrected chi connectivity index (χ1v) is 6.42. The van der Waals surface area contributed by atoms with Gasteiger partial charge < -0.3 is 10.4 Å². The molecule has 5 heteroatoms. The fraction of sp³-hybridized carbons (Fsp3) is 0.462. The Morgan fingerprint density at radius 3 is 2.78 bits per heavy atom. The molecule has 3 nitrogen and oxygen atoms in total. The Labute approximate surface area is 110 Å². The SMILES string of the molecule is O=C(NCC1(CCCl)CC1)c1ccc(F)cc1O. The number of hydrogen-bond donors (Lipinski definition) is 2. The number of phenols is 1. The summed E-state index contributed by atoms with van der Waals surface area (Å²) in [6.45, 7) is 0.551. The Bertz CT molecular complexity index is 460. The van der Waals surface area contributed by atoms with Gasteiger partial charge in [0.2, 0.25) is 0 Å². The molecule has 1 aromatic carbocycles. The molecule has 1 aromatic rings. The molecule has 1 fully saturated rings. The maximum atomic E-state index is 12.8. The number of rotatable bonds is 5. The van der Waals surface area contributed by atoms with Crippen LogP contribution in [-0.2, 0) is 0 Å². The average Bonchev–Trinajstić information content (AvgIpc) is 3.07. The molecule has 2 rings (SSSR count). The van der Waals surface area contributed by atoms with E-state index in [9.17, 15) is 14.3 Å². The van der Waals surface area contributed by atoms with Crippen LogP contribution in [0.25, 0.3) is 0 Å². The van der Waals surface area contributed by atoms with Gasteiger partial charge in [-0.25, -0.2) is 4.39 Å². The second-order valence-corrected chi connectivity index (χ2v) is 5.16. The predicted octanol–water partition coefficient (Wildman–Crippen LogP) is 2.67. The smallest absolute Gasteiger partial charge is 0.255 e. The van der Waals surface area contributed by atoms with Crippen molar-refractivity contribution in [3.63, 3.8) is 0 Å². The first-order chi connectivity index (χ1) is 8.56. The van der Waals surface area contributed by atoms with Crippen molar-refractivity contribution in [2.45, 2.75) is 19.3 Å². The molecule has 0 radical (unpaired) electrons. The summed E-state index contributed by atoms with van der Waals surface area (Å²) in [5.41, 5.74) is 0.227. The molecular weight excluding hydrogens is 257 g/mol. The fourth-order valence-electron chi connectivity index (χ4n) is 1.95. The highest BCUT2D eigenvalue weighted by Gasteiger charge is 2.41. The molecule has 1 amide bonds. The van der Waals surface area contributed by atoms with E-state index in [2.05, 4.69) is 5.32 Å². The molecule has 0 saturated heterocycles. The summed E-state index contributed by atoms with van der Waals surface area (Å²) in [4.78, 5) is 11.8. The number of aromatic hydroxyl groups is 1. The largest absolute Gasteiger partial charge is 0.507 e. The summed E-state index contributed by atoms with van der Waals surface area (Å²) in [6.07, 6.45) is 3.01. The molecule has 1 aliphatic carbocycles. The van der Waals surface area contributed by atoms with Gasteiger partial charge in [-0.1, -0.05) is 0 Å². The van der Waals surface area contributed by atoms with Crippen molar-refractivity contribution in [1.82, 2.24) is 5.32 Å². The van der Waals surface area contributed by atoms with Crippen molar-refractivity contribution in [3.05, 3.63) is 29.6 Å². The monoisotopic (exact) mass is 271 g/mol. The molecule has 0 unspecified atom stereocenters. The van der Waals surface area contributed by atoms with Gasteiger partial charge in [-0.05, 0) is 36.8 Å². The fourth-order valence-corrected chi connectivity index (χ4v) is 2.35. The Morgan fingerprint density at radius 1 is 1.50 bits per heavy atom. The first-order valence-electron chi connectivity index (χ1n) is 5.89. The minimum absolute atomic E-state index is 0.0954. The van der Waals surface area contributed by atoms with Crippen molar-refractivity contribution in [2.24, 2.45) is 5.41 Å². The molecular formula is C13H15ClFNO2. The van der Waals surface area contributed by atoms with Crippen LogP contribution < -0.4 is 5.32 Å². The van der Waals surface area contributed by atoms with Crippen molar-refractivity contribution in [2.75, 3.05) is 12.4 Å². The summed E-state index contributed by atoms with van der Waals surface area (Å²) in [6, 6.07) is 3.36. The molecule has 1 saturated carbocycles. The molecule has 2 N–H and O–H groups in total. The number of carbonyl (C=O) groups is 1. The zero-order chi connectivity index (χ0) is 13.2.